The molecule has 0 saturated heterocycles. The van der Waals surface area contributed by atoms with Gasteiger partial charge >= 0.3 is 0 Å². The second-order valence-electron chi connectivity index (χ2n) is 13.0. The molecular formula is C33H35ClN8O. The maximum absolute atomic E-state index is 13.1. The number of nitrogens with zero attached hydrogens (tertiary/aromatic N) is 6. The fraction of sp³-hybridized carbons (Fsp3) is 0.364. The summed E-state index contributed by atoms with van der Waals surface area (Å²) in [5, 5.41) is 28.9. The van der Waals surface area contributed by atoms with Crippen LogP contribution in [-0.2, 0) is 12.6 Å². The van der Waals surface area contributed by atoms with E-state index in [1.807, 2.05) is 47.3 Å². The standard InChI is InChI=1S/C33H35ClN8O/c1-32(2,3)19-37-28-20(16-35)17-36-29-25(28)14-21(15-26(29)34)38-30(27-18-42(40-39-27)33(4)11-7-12-33)23-8-6-9-24-22(23)10-13-41(5)31(24)43/h6,8-10,13-15,17-18,30,38H,7,11-12,19H2,1-5H3,(H,36,37). The lowest BCUT2D eigenvalue weighted by molar-refractivity contribution is 0.146. The van der Waals surface area contributed by atoms with Gasteiger partial charge in [0, 0.05) is 42.4 Å². The van der Waals surface area contributed by atoms with Gasteiger partial charge in [0.05, 0.1) is 39.6 Å². The van der Waals surface area contributed by atoms with Crippen LogP contribution in [0.25, 0.3) is 21.7 Å². The number of aryl methyl sites for hydroxylation is 1. The Morgan fingerprint density at radius 1 is 1.16 bits per heavy atom. The summed E-state index contributed by atoms with van der Waals surface area (Å²) in [5.41, 5.74) is 3.97. The van der Waals surface area contributed by atoms with E-state index in [4.69, 9.17) is 11.6 Å². The van der Waals surface area contributed by atoms with Gasteiger partial charge in [0.25, 0.3) is 5.56 Å². The summed E-state index contributed by atoms with van der Waals surface area (Å²) >= 11 is 6.83. The molecule has 0 amide bonds. The maximum Gasteiger partial charge on any atom is 0.258 e. The predicted octanol–water partition coefficient (Wildman–Crippen LogP) is 6.76. The highest BCUT2D eigenvalue weighted by molar-refractivity contribution is 6.35. The third kappa shape index (κ3) is 5.32. The number of aromatic nitrogens is 5. The quantitative estimate of drug-likeness (QED) is 0.214. The number of nitrogens with one attached hydrogen (secondary N) is 2. The minimum atomic E-state index is -0.445. The normalized spacial score (nSPS) is 15.2. The van der Waals surface area contributed by atoms with Crippen molar-refractivity contribution in [2.24, 2.45) is 12.5 Å². The van der Waals surface area contributed by atoms with Crippen LogP contribution in [0.3, 0.4) is 0 Å². The molecule has 1 fully saturated rings. The van der Waals surface area contributed by atoms with Gasteiger partial charge in [-0.1, -0.05) is 49.7 Å². The number of rotatable bonds is 7. The van der Waals surface area contributed by atoms with Crippen LogP contribution in [-0.4, -0.2) is 31.1 Å². The van der Waals surface area contributed by atoms with Crippen LogP contribution in [0.15, 0.2) is 59.8 Å². The van der Waals surface area contributed by atoms with Crippen molar-refractivity contribution in [3.8, 4) is 6.07 Å². The third-order valence-electron chi connectivity index (χ3n) is 8.41. The van der Waals surface area contributed by atoms with Crippen LogP contribution in [0.2, 0.25) is 5.02 Å². The van der Waals surface area contributed by atoms with E-state index in [1.165, 1.54) is 6.42 Å². The fourth-order valence-corrected chi connectivity index (χ4v) is 5.96. The first-order chi connectivity index (χ1) is 20.5. The topological polar surface area (TPSA) is 113 Å². The number of nitriles is 1. The summed E-state index contributed by atoms with van der Waals surface area (Å²) in [7, 11) is 1.75. The molecule has 1 aliphatic rings. The second-order valence-corrected chi connectivity index (χ2v) is 13.4. The molecule has 1 atom stereocenters. The monoisotopic (exact) mass is 594 g/mol. The van der Waals surface area contributed by atoms with Crippen LogP contribution in [0.1, 0.15) is 69.8 Å². The van der Waals surface area contributed by atoms with Crippen LogP contribution in [0.5, 0.6) is 0 Å². The van der Waals surface area contributed by atoms with Gasteiger partial charge in [0.1, 0.15) is 11.8 Å². The number of fused-ring (bicyclic) bond motifs is 2. The molecule has 1 unspecified atom stereocenters. The molecule has 3 aromatic heterocycles. The molecule has 0 aliphatic heterocycles. The van der Waals surface area contributed by atoms with Gasteiger partial charge in [-0.3, -0.25) is 9.78 Å². The number of halogens is 1. The summed E-state index contributed by atoms with van der Waals surface area (Å²) in [6.45, 7) is 9.26. The van der Waals surface area contributed by atoms with Crippen molar-refractivity contribution in [2.75, 3.05) is 17.2 Å². The van der Waals surface area contributed by atoms with E-state index >= 15 is 0 Å². The van der Waals surface area contributed by atoms with Crippen LogP contribution in [0, 0.1) is 16.7 Å². The van der Waals surface area contributed by atoms with Crippen molar-refractivity contribution in [3.05, 3.63) is 87.2 Å². The molecule has 9 nitrogen and oxygen atoms in total. The van der Waals surface area contributed by atoms with Crippen molar-refractivity contribution in [1.29, 1.82) is 5.26 Å². The molecule has 3 heterocycles. The molecule has 5 aromatic rings. The Bertz CT molecular complexity index is 1960. The zero-order valence-corrected chi connectivity index (χ0v) is 25.8. The molecule has 0 radical (unpaired) electrons. The van der Waals surface area contributed by atoms with Crippen LogP contribution < -0.4 is 16.2 Å². The Kier molecular flexibility index (Phi) is 7.13. The first kappa shape index (κ1) is 28.7. The SMILES string of the molecule is Cn1ccc2c(C(Nc3cc(Cl)c4ncc(C#N)c(NCC(C)(C)C)c4c3)c3cn(C4(C)CCC4)nn3)cccc2c1=O. The van der Waals surface area contributed by atoms with E-state index < -0.39 is 6.04 Å². The van der Waals surface area contributed by atoms with Crippen molar-refractivity contribution >= 4 is 44.7 Å². The average molecular weight is 595 g/mol. The predicted molar refractivity (Wildman–Crippen MR) is 172 cm³/mol. The lowest BCUT2D eigenvalue weighted by Crippen LogP contribution is -2.37. The lowest BCUT2D eigenvalue weighted by atomic mass is 9.79. The van der Waals surface area contributed by atoms with Crippen molar-refractivity contribution in [2.45, 2.75) is 58.5 Å². The summed E-state index contributed by atoms with van der Waals surface area (Å²) in [6, 6.07) is 13.4. The summed E-state index contributed by atoms with van der Waals surface area (Å²) in [5.74, 6) is 0. The highest BCUT2D eigenvalue weighted by Crippen LogP contribution is 2.40. The number of pyridine rings is 2. The van der Waals surface area contributed by atoms with E-state index in [0.29, 0.717) is 33.7 Å². The molecule has 0 bridgehead atoms. The Hall–Kier alpha value is -4.42. The number of hydrogen-bond donors (Lipinski definition) is 2. The van der Waals surface area contributed by atoms with Gasteiger partial charge in [0.2, 0.25) is 0 Å². The van der Waals surface area contributed by atoms with Gasteiger partial charge in [0.15, 0.2) is 0 Å². The van der Waals surface area contributed by atoms with E-state index in [0.717, 1.165) is 40.6 Å². The Morgan fingerprint density at radius 2 is 1.95 bits per heavy atom. The first-order valence-electron chi connectivity index (χ1n) is 14.5. The molecule has 0 spiro atoms. The molecule has 6 rings (SSSR count). The smallest absolute Gasteiger partial charge is 0.258 e. The molecule has 2 aromatic carbocycles. The summed E-state index contributed by atoms with van der Waals surface area (Å²) in [6.07, 6.45) is 8.62. The van der Waals surface area contributed by atoms with E-state index in [-0.39, 0.29) is 16.5 Å². The second kappa shape index (κ2) is 10.7. The molecule has 10 heteroatoms. The zero-order chi connectivity index (χ0) is 30.5. The van der Waals surface area contributed by atoms with Crippen molar-refractivity contribution < 1.29 is 0 Å². The van der Waals surface area contributed by atoms with Gasteiger partial charge in [-0.15, -0.1) is 5.10 Å². The van der Waals surface area contributed by atoms with Gasteiger partial charge < -0.3 is 15.2 Å². The van der Waals surface area contributed by atoms with Gasteiger partial charge in [-0.25, -0.2) is 4.68 Å². The molecular weight excluding hydrogens is 560 g/mol. The Labute approximate surface area is 255 Å². The number of anilines is 2. The summed E-state index contributed by atoms with van der Waals surface area (Å²) in [4.78, 5) is 17.6. The average Bonchev–Trinajstić information content (AvgIpc) is 3.45. The Balaban J connectivity index is 1.51. The largest absolute Gasteiger partial charge is 0.383 e. The lowest BCUT2D eigenvalue weighted by Gasteiger charge is -2.37. The minimum Gasteiger partial charge on any atom is -0.383 e. The van der Waals surface area contributed by atoms with Crippen LogP contribution >= 0.6 is 11.6 Å². The molecule has 43 heavy (non-hydrogen) atoms. The van der Waals surface area contributed by atoms with E-state index in [2.05, 4.69) is 59.7 Å². The van der Waals surface area contributed by atoms with Gasteiger partial charge in [-0.2, -0.15) is 5.26 Å². The fourth-order valence-electron chi connectivity index (χ4n) is 5.69. The molecule has 1 saturated carbocycles. The van der Waals surface area contributed by atoms with Crippen molar-refractivity contribution in [1.82, 2.24) is 24.5 Å². The van der Waals surface area contributed by atoms with Gasteiger partial charge in [-0.05, 0) is 66.8 Å². The molecule has 220 valence electrons. The summed E-state index contributed by atoms with van der Waals surface area (Å²) < 4.78 is 3.55. The first-order valence-corrected chi connectivity index (χ1v) is 14.9. The molecule has 2 N–H and O–H groups in total. The Morgan fingerprint density at radius 3 is 2.65 bits per heavy atom. The zero-order valence-electron chi connectivity index (χ0n) is 25.1. The molecule has 1 aliphatic carbocycles. The van der Waals surface area contributed by atoms with Crippen molar-refractivity contribution in [3.63, 3.8) is 0 Å². The third-order valence-corrected chi connectivity index (χ3v) is 8.70. The highest BCUT2D eigenvalue weighted by Gasteiger charge is 2.35. The van der Waals surface area contributed by atoms with E-state index in [9.17, 15) is 10.1 Å². The van der Waals surface area contributed by atoms with E-state index in [1.54, 1.807) is 24.0 Å². The minimum absolute atomic E-state index is 0.0125. The maximum atomic E-state index is 13.1. The number of hydrogen-bond acceptors (Lipinski definition) is 7. The highest BCUT2D eigenvalue weighted by atomic mass is 35.5. The van der Waals surface area contributed by atoms with Crippen LogP contribution in [0.4, 0.5) is 11.4 Å². The number of benzene rings is 2.